The van der Waals surface area contributed by atoms with Crippen LogP contribution >= 0.6 is 24.0 Å². The monoisotopic (exact) mass is 264 g/mol. The number of aryl methyl sites for hydroxylation is 1. The number of piperazine rings is 1. The minimum Gasteiger partial charge on any atom is -0.368 e. The molecular weight excluding hydrogens is 250 g/mol. The fraction of sp³-hybridized carbons (Fsp3) is 0.455. The van der Waals surface area contributed by atoms with Crippen molar-refractivity contribution >= 4 is 29.7 Å². The van der Waals surface area contributed by atoms with E-state index < -0.39 is 0 Å². The Labute approximate surface area is 106 Å². The molecule has 1 aromatic carbocycles. The summed E-state index contributed by atoms with van der Waals surface area (Å²) in [7, 11) is 0. The highest BCUT2D eigenvalue weighted by Gasteiger charge is 2.14. The molecule has 2 rings (SSSR count). The normalized spacial score (nSPS) is 15.8. The average Bonchev–Trinajstić information content (AvgIpc) is 2.25. The fourth-order valence-corrected chi connectivity index (χ4v) is 2.06. The van der Waals surface area contributed by atoms with Crippen LogP contribution in [0.15, 0.2) is 12.1 Å². The molecule has 16 heavy (non-hydrogen) atoms. The number of halogens is 3. The molecule has 1 aliphatic rings. The van der Waals surface area contributed by atoms with Crippen molar-refractivity contribution < 1.29 is 4.39 Å². The number of anilines is 1. The van der Waals surface area contributed by atoms with Crippen molar-refractivity contribution in [2.75, 3.05) is 31.1 Å². The molecule has 0 spiro atoms. The second kappa shape index (κ2) is 5.71. The number of nitrogens with one attached hydrogen (secondary N) is 1. The van der Waals surface area contributed by atoms with Gasteiger partial charge in [0.15, 0.2) is 0 Å². The van der Waals surface area contributed by atoms with Crippen LogP contribution in [0.1, 0.15) is 5.56 Å². The Kier molecular flexibility index (Phi) is 4.84. The van der Waals surface area contributed by atoms with Gasteiger partial charge in [-0.15, -0.1) is 12.4 Å². The van der Waals surface area contributed by atoms with Crippen molar-refractivity contribution in [3.8, 4) is 0 Å². The average molecular weight is 265 g/mol. The zero-order valence-corrected chi connectivity index (χ0v) is 10.7. The van der Waals surface area contributed by atoms with Crippen molar-refractivity contribution in [3.63, 3.8) is 0 Å². The summed E-state index contributed by atoms with van der Waals surface area (Å²) in [5.41, 5.74) is 1.59. The second-order valence-electron chi connectivity index (χ2n) is 3.79. The summed E-state index contributed by atoms with van der Waals surface area (Å²) in [5, 5.41) is 3.77. The van der Waals surface area contributed by atoms with E-state index in [1.165, 1.54) is 6.07 Å². The first-order valence-electron chi connectivity index (χ1n) is 5.10. The molecule has 0 aliphatic carbocycles. The van der Waals surface area contributed by atoms with E-state index in [2.05, 4.69) is 10.2 Å². The molecule has 0 radical (unpaired) electrons. The molecule has 1 N–H and O–H groups in total. The van der Waals surface area contributed by atoms with Gasteiger partial charge in [-0.05, 0) is 24.6 Å². The van der Waals surface area contributed by atoms with Crippen LogP contribution < -0.4 is 10.2 Å². The molecule has 1 saturated heterocycles. The van der Waals surface area contributed by atoms with Gasteiger partial charge in [-0.3, -0.25) is 0 Å². The molecule has 2 nitrogen and oxygen atoms in total. The molecular formula is C11H15Cl2FN2. The molecule has 0 atom stereocenters. The van der Waals surface area contributed by atoms with E-state index >= 15 is 0 Å². The second-order valence-corrected chi connectivity index (χ2v) is 4.20. The quantitative estimate of drug-likeness (QED) is 0.839. The Hall–Kier alpha value is -0.510. The van der Waals surface area contributed by atoms with E-state index in [0.717, 1.165) is 31.9 Å². The molecule has 5 heteroatoms. The highest BCUT2D eigenvalue weighted by Crippen LogP contribution is 2.28. The van der Waals surface area contributed by atoms with Gasteiger partial charge in [0.05, 0.1) is 10.7 Å². The molecule has 1 aromatic rings. The Morgan fingerprint density at radius 3 is 2.56 bits per heavy atom. The van der Waals surface area contributed by atoms with Crippen LogP contribution in [0, 0.1) is 12.7 Å². The van der Waals surface area contributed by atoms with Crippen molar-refractivity contribution in [2.24, 2.45) is 0 Å². The zero-order chi connectivity index (χ0) is 10.8. The van der Waals surface area contributed by atoms with Gasteiger partial charge < -0.3 is 10.2 Å². The third-order valence-corrected chi connectivity index (χ3v) is 2.99. The molecule has 0 aromatic heterocycles. The Balaban J connectivity index is 0.00000128. The molecule has 0 saturated carbocycles. The zero-order valence-electron chi connectivity index (χ0n) is 9.09. The number of hydrogen-bond acceptors (Lipinski definition) is 2. The molecule has 0 bridgehead atoms. The summed E-state index contributed by atoms with van der Waals surface area (Å²) in [6.07, 6.45) is 0. The van der Waals surface area contributed by atoms with Gasteiger partial charge in [-0.2, -0.15) is 0 Å². The maximum Gasteiger partial charge on any atom is 0.127 e. The van der Waals surface area contributed by atoms with E-state index in [1.54, 1.807) is 6.92 Å². The van der Waals surface area contributed by atoms with Gasteiger partial charge in [0, 0.05) is 26.2 Å². The summed E-state index contributed by atoms with van der Waals surface area (Å²) in [6.45, 7) is 5.51. The highest BCUT2D eigenvalue weighted by molar-refractivity contribution is 6.33. The number of benzene rings is 1. The molecule has 1 heterocycles. The lowest BCUT2D eigenvalue weighted by atomic mass is 10.2. The Bertz CT molecular complexity index is 365. The lowest BCUT2D eigenvalue weighted by Gasteiger charge is -2.30. The molecule has 90 valence electrons. The van der Waals surface area contributed by atoms with Crippen molar-refractivity contribution in [1.82, 2.24) is 5.32 Å². The van der Waals surface area contributed by atoms with E-state index in [1.807, 2.05) is 6.07 Å². The summed E-state index contributed by atoms with van der Waals surface area (Å²) < 4.78 is 13.2. The van der Waals surface area contributed by atoms with E-state index in [0.29, 0.717) is 10.6 Å². The van der Waals surface area contributed by atoms with Crippen LogP contribution in [0.5, 0.6) is 0 Å². The first-order chi connectivity index (χ1) is 7.18. The van der Waals surface area contributed by atoms with Gasteiger partial charge >= 0.3 is 0 Å². The number of nitrogens with zero attached hydrogens (tertiary/aromatic N) is 1. The predicted octanol–water partition coefficient (Wildman–Crippen LogP) is 2.62. The van der Waals surface area contributed by atoms with Crippen LogP contribution in [-0.2, 0) is 0 Å². The first-order valence-corrected chi connectivity index (χ1v) is 5.47. The summed E-state index contributed by atoms with van der Waals surface area (Å²) in [4.78, 5) is 2.19. The minimum atomic E-state index is -0.237. The summed E-state index contributed by atoms with van der Waals surface area (Å²) in [6, 6.07) is 3.22. The Morgan fingerprint density at radius 2 is 1.94 bits per heavy atom. The lowest BCUT2D eigenvalue weighted by Crippen LogP contribution is -2.43. The molecule has 1 fully saturated rings. The molecule has 1 aliphatic heterocycles. The lowest BCUT2D eigenvalue weighted by molar-refractivity contribution is 0.586. The smallest absolute Gasteiger partial charge is 0.127 e. The van der Waals surface area contributed by atoms with Gasteiger partial charge in [0.25, 0.3) is 0 Å². The van der Waals surface area contributed by atoms with E-state index in [-0.39, 0.29) is 18.2 Å². The molecule has 0 amide bonds. The van der Waals surface area contributed by atoms with Crippen LogP contribution in [0.4, 0.5) is 10.1 Å². The minimum absolute atomic E-state index is 0. The summed E-state index contributed by atoms with van der Waals surface area (Å²) >= 11 is 6.03. The van der Waals surface area contributed by atoms with Crippen LogP contribution in [0.3, 0.4) is 0 Å². The van der Waals surface area contributed by atoms with Gasteiger partial charge in [-0.1, -0.05) is 11.6 Å². The Morgan fingerprint density at radius 1 is 1.31 bits per heavy atom. The van der Waals surface area contributed by atoms with E-state index in [9.17, 15) is 4.39 Å². The third-order valence-electron chi connectivity index (χ3n) is 2.69. The van der Waals surface area contributed by atoms with Gasteiger partial charge in [-0.25, -0.2) is 4.39 Å². The fourth-order valence-electron chi connectivity index (χ4n) is 1.79. The largest absolute Gasteiger partial charge is 0.368 e. The van der Waals surface area contributed by atoms with Crippen molar-refractivity contribution in [2.45, 2.75) is 6.92 Å². The number of hydrogen-bond donors (Lipinski definition) is 1. The predicted molar refractivity (Wildman–Crippen MR) is 68.5 cm³/mol. The maximum atomic E-state index is 13.2. The number of rotatable bonds is 1. The third kappa shape index (κ3) is 2.78. The standard InChI is InChI=1S/C11H14ClFN2.ClH/c1-8-6-11(9(12)7-10(8)13)15-4-2-14-3-5-15;/h6-7,14H,2-5H2,1H3;1H. The van der Waals surface area contributed by atoms with E-state index in [4.69, 9.17) is 11.6 Å². The van der Waals surface area contributed by atoms with Crippen LogP contribution in [-0.4, -0.2) is 26.2 Å². The van der Waals surface area contributed by atoms with Gasteiger partial charge in [0.2, 0.25) is 0 Å². The van der Waals surface area contributed by atoms with Crippen LogP contribution in [0.25, 0.3) is 0 Å². The van der Waals surface area contributed by atoms with Crippen molar-refractivity contribution in [1.29, 1.82) is 0 Å². The van der Waals surface area contributed by atoms with Crippen LogP contribution in [0.2, 0.25) is 5.02 Å². The SMILES string of the molecule is Cc1cc(N2CCNCC2)c(Cl)cc1F.Cl. The molecule has 0 unspecified atom stereocenters. The summed E-state index contributed by atoms with van der Waals surface area (Å²) in [5.74, 6) is -0.237. The maximum absolute atomic E-state index is 13.2. The highest BCUT2D eigenvalue weighted by atomic mass is 35.5. The first kappa shape index (κ1) is 13.6. The van der Waals surface area contributed by atoms with Gasteiger partial charge in [0.1, 0.15) is 5.82 Å². The van der Waals surface area contributed by atoms with Crippen molar-refractivity contribution in [3.05, 3.63) is 28.5 Å². The topological polar surface area (TPSA) is 15.3 Å².